The molecule has 6 heteroatoms. The number of hydrogen-bond donors (Lipinski definition) is 4. The molecule has 0 aliphatic rings. The van der Waals surface area contributed by atoms with Crippen LogP contribution in [0.1, 0.15) is 99.9 Å². The molecule has 0 heterocycles. The van der Waals surface area contributed by atoms with E-state index in [1.54, 1.807) is 13.8 Å². The Morgan fingerprint density at radius 3 is 0.804 bits per heavy atom. The van der Waals surface area contributed by atoms with E-state index in [-0.39, 0.29) is 0 Å². The Balaban J connectivity index is 1.78. The van der Waals surface area contributed by atoms with Gasteiger partial charge < -0.3 is 20.8 Å². The summed E-state index contributed by atoms with van der Waals surface area (Å²) < 4.78 is 0. The van der Waals surface area contributed by atoms with Crippen LogP contribution in [0.2, 0.25) is 0 Å². The fraction of sp³-hybridized carbons (Fsp3) is 0.422. The summed E-state index contributed by atoms with van der Waals surface area (Å²) in [6, 6.07) is 29.0. The van der Waals surface area contributed by atoms with Crippen molar-refractivity contribution in [1.29, 1.82) is 0 Å². The predicted molar refractivity (Wildman–Crippen MR) is 207 cm³/mol. The molecule has 2 atom stereocenters. The predicted octanol–water partition coefficient (Wildman–Crippen LogP) is 8.18. The van der Waals surface area contributed by atoms with Gasteiger partial charge in [0.1, 0.15) is 16.6 Å². The summed E-state index contributed by atoms with van der Waals surface area (Å²) in [5, 5.41) is 32.1. The molecule has 0 saturated heterocycles. The van der Waals surface area contributed by atoms with Crippen LogP contribution in [0.15, 0.2) is 97.1 Å². The van der Waals surface area contributed by atoms with Crippen LogP contribution in [0.4, 0.5) is 0 Å². The van der Waals surface area contributed by atoms with E-state index in [4.69, 9.17) is 0 Å². The largest absolute Gasteiger partial charge is 0.378 e. The molecule has 51 heavy (non-hydrogen) atoms. The van der Waals surface area contributed by atoms with Gasteiger partial charge in [-0.3, -0.25) is 9.59 Å². The van der Waals surface area contributed by atoms with E-state index in [1.165, 1.54) is 0 Å². The summed E-state index contributed by atoms with van der Waals surface area (Å²) in [5.74, 6) is -1.08. The fourth-order valence-corrected chi connectivity index (χ4v) is 6.85. The first-order chi connectivity index (χ1) is 23.5. The Morgan fingerprint density at radius 2 is 0.627 bits per heavy atom. The molecule has 0 bridgehead atoms. The zero-order chi connectivity index (χ0) is 38.2. The lowest BCUT2D eigenvalue weighted by Gasteiger charge is -2.47. The Morgan fingerprint density at radius 1 is 0.431 bits per heavy atom. The van der Waals surface area contributed by atoms with Crippen molar-refractivity contribution in [2.45, 2.75) is 106 Å². The van der Waals surface area contributed by atoms with Crippen LogP contribution in [0, 0.1) is 43.9 Å². The Labute approximate surface area is 305 Å². The van der Waals surface area contributed by atoms with Crippen molar-refractivity contribution in [3.63, 3.8) is 0 Å². The monoisotopic (exact) mass is 690 g/mol. The van der Waals surface area contributed by atoms with Gasteiger partial charge in [0, 0.05) is 0 Å². The molecular formula is C45H58N2O4. The SMILES string of the molecule is Cc1ccc(C(O)(c2ccc(C)cc2)[C@H](NC(=O)C(C)(C)C(=O)N[C@H](C(C)(C)C)C(O)(c2ccc(C)cc2)c2ccc(C)cc2)C(C)(C)C)cc1. The maximum Gasteiger partial charge on any atom is 0.235 e. The van der Waals surface area contributed by atoms with Crippen molar-refractivity contribution in [2.75, 3.05) is 0 Å². The van der Waals surface area contributed by atoms with Gasteiger partial charge in [0.2, 0.25) is 11.8 Å². The number of amides is 2. The summed E-state index contributed by atoms with van der Waals surface area (Å²) in [4.78, 5) is 29.1. The molecule has 4 aromatic rings. The highest BCUT2D eigenvalue weighted by Crippen LogP contribution is 2.43. The van der Waals surface area contributed by atoms with Gasteiger partial charge in [0.05, 0.1) is 12.1 Å². The van der Waals surface area contributed by atoms with Crippen LogP contribution >= 0.6 is 0 Å². The second-order valence-corrected chi connectivity index (χ2v) is 17.2. The van der Waals surface area contributed by atoms with Crippen molar-refractivity contribution < 1.29 is 19.8 Å². The zero-order valence-corrected chi connectivity index (χ0v) is 32.6. The molecule has 2 amide bonds. The van der Waals surface area contributed by atoms with E-state index in [0.29, 0.717) is 22.3 Å². The summed E-state index contributed by atoms with van der Waals surface area (Å²) in [5.41, 5.74) is 0.537. The van der Waals surface area contributed by atoms with E-state index in [2.05, 4.69) is 10.6 Å². The van der Waals surface area contributed by atoms with E-state index >= 15 is 0 Å². The molecule has 0 fully saturated rings. The second kappa shape index (κ2) is 14.4. The lowest BCUT2D eigenvalue weighted by atomic mass is 9.68. The number of rotatable bonds is 10. The Hall–Kier alpha value is -4.26. The Kier molecular flexibility index (Phi) is 11.2. The van der Waals surface area contributed by atoms with Gasteiger partial charge in [-0.25, -0.2) is 0 Å². The quantitative estimate of drug-likeness (QED) is 0.126. The first-order valence-corrected chi connectivity index (χ1v) is 17.9. The summed E-state index contributed by atoms with van der Waals surface area (Å²) in [7, 11) is 0. The highest BCUT2D eigenvalue weighted by molar-refractivity contribution is 6.04. The van der Waals surface area contributed by atoms with Gasteiger partial charge in [-0.15, -0.1) is 0 Å². The van der Waals surface area contributed by atoms with Gasteiger partial charge in [-0.05, 0) is 74.6 Å². The van der Waals surface area contributed by atoms with Crippen LogP contribution < -0.4 is 10.6 Å². The highest BCUT2D eigenvalue weighted by atomic mass is 16.3. The maximum atomic E-state index is 14.5. The van der Waals surface area contributed by atoms with Gasteiger partial charge in [0.25, 0.3) is 0 Å². The van der Waals surface area contributed by atoms with E-state index in [0.717, 1.165) is 22.3 Å². The fourth-order valence-electron chi connectivity index (χ4n) is 6.85. The van der Waals surface area contributed by atoms with Crippen LogP contribution in [0.3, 0.4) is 0 Å². The first-order valence-electron chi connectivity index (χ1n) is 17.9. The van der Waals surface area contributed by atoms with E-state index in [9.17, 15) is 19.8 Å². The molecule has 0 saturated carbocycles. The van der Waals surface area contributed by atoms with Crippen molar-refractivity contribution in [2.24, 2.45) is 16.2 Å². The minimum atomic E-state index is -1.63. The highest BCUT2D eigenvalue weighted by Gasteiger charge is 2.52. The smallest absolute Gasteiger partial charge is 0.235 e. The number of benzene rings is 4. The number of hydrogen-bond acceptors (Lipinski definition) is 4. The minimum absolute atomic E-state index is 0.542. The Bertz CT molecular complexity index is 1580. The van der Waals surface area contributed by atoms with Gasteiger partial charge in [-0.2, -0.15) is 0 Å². The summed E-state index contributed by atoms with van der Waals surface area (Å²) in [6.45, 7) is 22.9. The normalized spacial score (nSPS) is 14.1. The topological polar surface area (TPSA) is 98.7 Å². The lowest BCUT2D eigenvalue weighted by molar-refractivity contribution is -0.146. The minimum Gasteiger partial charge on any atom is -0.378 e. The number of aryl methyl sites for hydroxylation is 4. The number of carbonyl (C=O) groups excluding carboxylic acids is 2. The molecular weight excluding hydrogens is 633 g/mol. The van der Waals surface area contributed by atoms with Crippen molar-refractivity contribution in [1.82, 2.24) is 10.6 Å². The molecule has 0 spiro atoms. The van der Waals surface area contributed by atoms with Crippen molar-refractivity contribution in [3.8, 4) is 0 Å². The van der Waals surface area contributed by atoms with Crippen LogP contribution in [-0.4, -0.2) is 34.1 Å². The average molecular weight is 691 g/mol. The van der Waals surface area contributed by atoms with E-state index in [1.807, 2.05) is 166 Å². The van der Waals surface area contributed by atoms with Gasteiger partial charge >= 0.3 is 0 Å². The standard InChI is InChI=1S/C45H58N2O4/c1-29-13-21-33(22-14-29)44(50,34-23-15-30(2)16-24-34)37(41(5,6)7)46-39(48)43(11,12)40(49)47-38(42(8,9)10)45(51,35-25-17-31(3)18-26-35)36-27-19-32(4)20-28-36/h13-28,37-38,50-51H,1-12H3,(H,46,48)(H,47,49)/t37-,38-/m1/s1. The van der Waals surface area contributed by atoms with Gasteiger partial charge in [-0.1, -0.05) is 161 Å². The molecule has 0 radical (unpaired) electrons. The van der Waals surface area contributed by atoms with Crippen LogP contribution in [-0.2, 0) is 20.8 Å². The van der Waals surface area contributed by atoms with Crippen molar-refractivity contribution >= 4 is 11.8 Å². The molecule has 0 aromatic heterocycles. The average Bonchev–Trinajstić information content (AvgIpc) is 3.05. The second-order valence-electron chi connectivity index (χ2n) is 17.2. The molecule has 6 nitrogen and oxygen atoms in total. The third-order valence-corrected chi connectivity index (χ3v) is 10.2. The number of carbonyl (C=O) groups is 2. The lowest BCUT2D eigenvalue weighted by Crippen LogP contribution is -2.64. The van der Waals surface area contributed by atoms with Crippen LogP contribution in [0.5, 0.6) is 0 Å². The first kappa shape index (κ1) is 39.5. The maximum absolute atomic E-state index is 14.5. The summed E-state index contributed by atoms with van der Waals surface area (Å²) in [6.07, 6.45) is 0. The molecule has 272 valence electrons. The summed E-state index contributed by atoms with van der Waals surface area (Å²) >= 11 is 0. The van der Waals surface area contributed by atoms with E-state index < -0.39 is 51.3 Å². The number of aliphatic hydroxyl groups is 2. The van der Waals surface area contributed by atoms with Gasteiger partial charge in [0.15, 0.2) is 0 Å². The molecule has 0 aliphatic carbocycles. The molecule has 4 aromatic carbocycles. The molecule has 4 N–H and O–H groups in total. The third-order valence-electron chi connectivity index (χ3n) is 10.2. The van der Waals surface area contributed by atoms with Crippen LogP contribution in [0.25, 0.3) is 0 Å². The zero-order valence-electron chi connectivity index (χ0n) is 32.6. The number of nitrogens with one attached hydrogen (secondary N) is 2. The third kappa shape index (κ3) is 8.13. The molecule has 0 unspecified atom stereocenters. The molecule has 0 aliphatic heterocycles. The van der Waals surface area contributed by atoms with Crippen molar-refractivity contribution in [3.05, 3.63) is 142 Å². The molecule has 4 rings (SSSR count).